The molecule has 25 heavy (non-hydrogen) atoms. The van der Waals surface area contributed by atoms with Gasteiger partial charge in [-0.1, -0.05) is 12.1 Å². The number of amides is 1. The van der Waals surface area contributed by atoms with Crippen molar-refractivity contribution in [2.24, 2.45) is 7.05 Å². The molecule has 130 valence electrons. The maximum atomic E-state index is 12.9. The minimum atomic E-state index is 0.117. The zero-order valence-corrected chi connectivity index (χ0v) is 15.6. The molecule has 1 amide bonds. The summed E-state index contributed by atoms with van der Waals surface area (Å²) < 4.78 is 3.04. The molecule has 0 radical (unpaired) electrons. The average Bonchev–Trinajstić information content (AvgIpc) is 3.15. The number of benzene rings is 1. The average molecular weight is 354 g/mol. The van der Waals surface area contributed by atoms with Crippen molar-refractivity contribution in [2.75, 3.05) is 13.1 Å². The summed E-state index contributed by atoms with van der Waals surface area (Å²) in [4.78, 5) is 19.7. The Morgan fingerprint density at radius 1 is 1.20 bits per heavy atom. The van der Waals surface area contributed by atoms with Crippen molar-refractivity contribution in [3.63, 3.8) is 0 Å². The topological polar surface area (TPSA) is 51.0 Å². The van der Waals surface area contributed by atoms with Crippen molar-refractivity contribution >= 4 is 27.5 Å². The Morgan fingerprint density at radius 3 is 2.56 bits per heavy atom. The number of fused-ring (bicyclic) bond motifs is 1. The van der Waals surface area contributed by atoms with Gasteiger partial charge in [-0.05, 0) is 38.8 Å². The van der Waals surface area contributed by atoms with Crippen LogP contribution in [-0.4, -0.2) is 38.7 Å². The van der Waals surface area contributed by atoms with Crippen LogP contribution < -0.4 is 0 Å². The van der Waals surface area contributed by atoms with Gasteiger partial charge in [0.25, 0.3) is 5.91 Å². The Morgan fingerprint density at radius 2 is 1.92 bits per heavy atom. The SMILES string of the molecule is Cc1nn(C)c(C)c1C(=O)N1CCC(c2nc3ccccc3s2)CC1. The molecule has 0 N–H and O–H groups in total. The van der Waals surface area contributed by atoms with Gasteiger partial charge in [0, 0.05) is 31.7 Å². The van der Waals surface area contributed by atoms with E-state index in [1.165, 1.54) is 9.71 Å². The molecule has 1 aromatic carbocycles. The van der Waals surface area contributed by atoms with Crippen LogP contribution in [0.1, 0.15) is 45.5 Å². The minimum absolute atomic E-state index is 0.117. The molecule has 0 unspecified atom stereocenters. The van der Waals surface area contributed by atoms with E-state index >= 15 is 0 Å². The highest BCUT2D eigenvalue weighted by Crippen LogP contribution is 2.34. The maximum absolute atomic E-state index is 12.9. The number of aryl methyl sites for hydroxylation is 2. The Hall–Kier alpha value is -2.21. The van der Waals surface area contributed by atoms with Gasteiger partial charge < -0.3 is 4.90 Å². The molecule has 0 bridgehead atoms. The third kappa shape index (κ3) is 2.84. The standard InChI is InChI=1S/C19H22N4OS/c1-12-17(13(2)22(3)21-12)19(24)23-10-8-14(9-11-23)18-20-15-6-4-5-7-16(15)25-18/h4-7,14H,8-11H2,1-3H3. The molecular formula is C19H22N4OS. The van der Waals surface area contributed by atoms with Crippen LogP contribution in [0.2, 0.25) is 0 Å². The molecular weight excluding hydrogens is 332 g/mol. The first-order valence-electron chi connectivity index (χ1n) is 8.69. The third-order valence-electron chi connectivity index (χ3n) is 5.16. The van der Waals surface area contributed by atoms with Crippen molar-refractivity contribution in [1.82, 2.24) is 19.7 Å². The number of hydrogen-bond acceptors (Lipinski definition) is 4. The number of carbonyl (C=O) groups is 1. The number of thiazole rings is 1. The van der Waals surface area contributed by atoms with Crippen LogP contribution in [-0.2, 0) is 7.05 Å². The molecule has 3 aromatic rings. The van der Waals surface area contributed by atoms with E-state index in [9.17, 15) is 4.79 Å². The summed E-state index contributed by atoms with van der Waals surface area (Å²) >= 11 is 1.79. The fourth-order valence-electron chi connectivity index (χ4n) is 3.64. The van der Waals surface area contributed by atoms with Gasteiger partial charge in [0.1, 0.15) is 0 Å². The fourth-order valence-corrected chi connectivity index (χ4v) is 4.77. The van der Waals surface area contributed by atoms with E-state index < -0.39 is 0 Å². The minimum Gasteiger partial charge on any atom is -0.338 e. The smallest absolute Gasteiger partial charge is 0.257 e. The van der Waals surface area contributed by atoms with Gasteiger partial charge in [-0.15, -0.1) is 11.3 Å². The number of hydrogen-bond donors (Lipinski definition) is 0. The molecule has 2 aromatic heterocycles. The second-order valence-corrected chi connectivity index (χ2v) is 7.82. The monoisotopic (exact) mass is 354 g/mol. The van der Waals surface area contributed by atoms with Gasteiger partial charge in [0.15, 0.2) is 0 Å². The Bertz CT molecular complexity index is 901. The highest BCUT2D eigenvalue weighted by Gasteiger charge is 2.29. The van der Waals surface area contributed by atoms with E-state index in [0.717, 1.165) is 48.4 Å². The van der Waals surface area contributed by atoms with Gasteiger partial charge in [-0.3, -0.25) is 9.48 Å². The molecule has 4 rings (SSSR count). The summed E-state index contributed by atoms with van der Waals surface area (Å²) in [7, 11) is 1.89. The molecule has 1 aliphatic heterocycles. The van der Waals surface area contributed by atoms with Crippen LogP contribution in [0.4, 0.5) is 0 Å². The van der Waals surface area contributed by atoms with E-state index in [1.54, 1.807) is 16.0 Å². The summed E-state index contributed by atoms with van der Waals surface area (Å²) in [5.41, 5.74) is 3.61. The van der Waals surface area contributed by atoms with Crippen LogP contribution in [0, 0.1) is 13.8 Å². The van der Waals surface area contributed by atoms with Gasteiger partial charge in [-0.25, -0.2) is 4.98 Å². The number of piperidine rings is 1. The molecule has 0 saturated carbocycles. The lowest BCUT2D eigenvalue weighted by Gasteiger charge is -2.31. The summed E-state index contributed by atoms with van der Waals surface area (Å²) in [6, 6.07) is 8.29. The maximum Gasteiger partial charge on any atom is 0.257 e. The van der Waals surface area contributed by atoms with Crippen molar-refractivity contribution in [1.29, 1.82) is 0 Å². The molecule has 6 heteroatoms. The van der Waals surface area contributed by atoms with Crippen molar-refractivity contribution in [3.8, 4) is 0 Å². The first kappa shape index (κ1) is 16.3. The number of nitrogens with zero attached hydrogens (tertiary/aromatic N) is 4. The van der Waals surface area contributed by atoms with Gasteiger partial charge in [0.05, 0.1) is 26.5 Å². The van der Waals surface area contributed by atoms with Crippen molar-refractivity contribution in [3.05, 3.63) is 46.2 Å². The lowest BCUT2D eigenvalue weighted by Crippen LogP contribution is -2.38. The zero-order chi connectivity index (χ0) is 17.6. The van der Waals surface area contributed by atoms with Crippen LogP contribution in [0.5, 0.6) is 0 Å². The summed E-state index contributed by atoms with van der Waals surface area (Å²) in [5, 5.41) is 5.58. The fraction of sp³-hybridized carbons (Fsp3) is 0.421. The van der Waals surface area contributed by atoms with E-state index in [2.05, 4.69) is 23.3 Å². The molecule has 0 spiro atoms. The number of para-hydroxylation sites is 1. The van der Waals surface area contributed by atoms with Gasteiger partial charge in [-0.2, -0.15) is 5.10 Å². The van der Waals surface area contributed by atoms with E-state index in [1.807, 2.05) is 31.9 Å². The number of carbonyl (C=O) groups excluding carboxylic acids is 1. The van der Waals surface area contributed by atoms with E-state index in [-0.39, 0.29) is 5.91 Å². The Kier molecular flexibility index (Phi) is 4.07. The highest BCUT2D eigenvalue weighted by atomic mass is 32.1. The molecule has 1 aliphatic rings. The van der Waals surface area contributed by atoms with E-state index in [0.29, 0.717) is 5.92 Å². The number of aromatic nitrogens is 3. The predicted octanol–water partition coefficient (Wildman–Crippen LogP) is 3.67. The lowest BCUT2D eigenvalue weighted by atomic mass is 9.97. The van der Waals surface area contributed by atoms with Crippen LogP contribution in [0.15, 0.2) is 24.3 Å². The normalized spacial score (nSPS) is 15.9. The number of likely N-dealkylation sites (tertiary alicyclic amines) is 1. The first-order chi connectivity index (χ1) is 12.0. The second kappa shape index (κ2) is 6.26. The molecule has 1 saturated heterocycles. The summed E-state index contributed by atoms with van der Waals surface area (Å²) in [6.45, 7) is 5.44. The second-order valence-electron chi connectivity index (χ2n) is 6.76. The quantitative estimate of drug-likeness (QED) is 0.705. The van der Waals surface area contributed by atoms with Crippen LogP contribution in [0.25, 0.3) is 10.2 Å². The lowest BCUT2D eigenvalue weighted by molar-refractivity contribution is 0.0711. The molecule has 0 aliphatic carbocycles. The zero-order valence-electron chi connectivity index (χ0n) is 14.8. The molecule has 0 atom stereocenters. The highest BCUT2D eigenvalue weighted by molar-refractivity contribution is 7.18. The molecule has 5 nitrogen and oxygen atoms in total. The van der Waals surface area contributed by atoms with E-state index in [4.69, 9.17) is 4.98 Å². The van der Waals surface area contributed by atoms with Crippen LogP contribution in [0.3, 0.4) is 0 Å². The molecule has 3 heterocycles. The van der Waals surface area contributed by atoms with Crippen LogP contribution >= 0.6 is 11.3 Å². The van der Waals surface area contributed by atoms with Gasteiger partial charge in [0.2, 0.25) is 0 Å². The van der Waals surface area contributed by atoms with Gasteiger partial charge >= 0.3 is 0 Å². The Labute approximate surface area is 151 Å². The van der Waals surface area contributed by atoms with Crippen molar-refractivity contribution < 1.29 is 4.79 Å². The summed E-state index contributed by atoms with van der Waals surface area (Å²) in [6.07, 6.45) is 1.95. The predicted molar refractivity (Wildman–Crippen MR) is 100 cm³/mol. The largest absolute Gasteiger partial charge is 0.338 e. The van der Waals surface area contributed by atoms with Crippen molar-refractivity contribution in [2.45, 2.75) is 32.6 Å². The summed E-state index contributed by atoms with van der Waals surface area (Å²) in [5.74, 6) is 0.573. The molecule has 1 fully saturated rings. The third-order valence-corrected chi connectivity index (χ3v) is 6.36. The number of rotatable bonds is 2. The first-order valence-corrected chi connectivity index (χ1v) is 9.51. The Balaban J connectivity index is 1.48.